The molecule has 0 spiro atoms. The van der Waals surface area contributed by atoms with Crippen LogP contribution in [-0.4, -0.2) is 41.5 Å². The van der Waals surface area contributed by atoms with Gasteiger partial charge in [0.05, 0.1) is 4.90 Å². The molecule has 2 aromatic carbocycles. The van der Waals surface area contributed by atoms with Gasteiger partial charge in [0.1, 0.15) is 12.4 Å². The van der Waals surface area contributed by atoms with Crippen LogP contribution in [0.1, 0.15) is 36.1 Å². The van der Waals surface area contributed by atoms with Crippen LogP contribution >= 0.6 is 0 Å². The van der Waals surface area contributed by atoms with Gasteiger partial charge >= 0.3 is 5.97 Å². The molecule has 4 rings (SSSR count). The van der Waals surface area contributed by atoms with Crippen LogP contribution in [0.4, 0.5) is 4.39 Å². The van der Waals surface area contributed by atoms with Gasteiger partial charge in [-0.2, -0.15) is 4.31 Å². The van der Waals surface area contributed by atoms with Crippen LogP contribution in [0.2, 0.25) is 0 Å². The molecule has 8 heteroatoms. The summed E-state index contributed by atoms with van der Waals surface area (Å²) < 4.78 is 42.8. The fourth-order valence-electron chi connectivity index (χ4n) is 4.32. The van der Waals surface area contributed by atoms with Crippen LogP contribution in [0.15, 0.2) is 47.4 Å². The van der Waals surface area contributed by atoms with Crippen molar-refractivity contribution in [3.63, 3.8) is 0 Å². The number of hydrogen-bond acceptors (Lipinski definition) is 3. The number of sulfonamides is 1. The molecule has 6 nitrogen and oxygen atoms in total. The number of benzene rings is 2. The van der Waals surface area contributed by atoms with Gasteiger partial charge in [0.25, 0.3) is 0 Å². The predicted octanol–water partition coefficient (Wildman–Crippen LogP) is 3.94. The standard InChI is InChI=1S/C23H25FN2O4S/c1-16-20(21-14-18(24)7-10-22(21)26(16)15-23(27)28)13-17-5-8-19(9-6-17)31(29,30)25-11-3-2-4-12-25/h5-10,14H,2-4,11-13,15H2,1H3,(H,27,28). The van der Waals surface area contributed by atoms with Gasteiger partial charge in [-0.15, -0.1) is 0 Å². The third kappa shape index (κ3) is 4.22. The van der Waals surface area contributed by atoms with Gasteiger partial charge in [-0.25, -0.2) is 12.8 Å². The maximum atomic E-state index is 13.9. The van der Waals surface area contributed by atoms with Gasteiger partial charge in [0.15, 0.2) is 0 Å². The lowest BCUT2D eigenvalue weighted by Gasteiger charge is -2.25. The van der Waals surface area contributed by atoms with E-state index in [1.54, 1.807) is 34.9 Å². The van der Waals surface area contributed by atoms with Crippen molar-refractivity contribution in [2.45, 2.75) is 44.0 Å². The largest absolute Gasteiger partial charge is 0.480 e. The third-order valence-corrected chi connectivity index (χ3v) is 7.88. The molecule has 164 valence electrons. The first-order chi connectivity index (χ1) is 14.8. The van der Waals surface area contributed by atoms with Crippen LogP contribution in [0.25, 0.3) is 10.9 Å². The zero-order valence-corrected chi connectivity index (χ0v) is 18.2. The summed E-state index contributed by atoms with van der Waals surface area (Å²) in [5.41, 5.74) is 3.13. The van der Waals surface area contributed by atoms with E-state index in [0.717, 1.165) is 36.1 Å². The Morgan fingerprint density at radius 2 is 1.74 bits per heavy atom. The molecule has 0 atom stereocenters. The average molecular weight is 445 g/mol. The highest BCUT2D eigenvalue weighted by molar-refractivity contribution is 7.89. The van der Waals surface area contributed by atoms with E-state index in [9.17, 15) is 22.7 Å². The molecular weight excluding hydrogens is 419 g/mol. The zero-order chi connectivity index (χ0) is 22.2. The number of carbonyl (C=O) groups is 1. The van der Waals surface area contributed by atoms with E-state index in [-0.39, 0.29) is 17.3 Å². The summed E-state index contributed by atoms with van der Waals surface area (Å²) in [5, 5.41) is 9.93. The van der Waals surface area contributed by atoms with E-state index in [0.29, 0.717) is 30.4 Å². The van der Waals surface area contributed by atoms with E-state index in [1.165, 1.54) is 16.4 Å². The molecule has 1 aliphatic rings. The Morgan fingerprint density at radius 1 is 1.06 bits per heavy atom. The van der Waals surface area contributed by atoms with Crippen LogP contribution in [0.5, 0.6) is 0 Å². The minimum absolute atomic E-state index is 0.207. The number of carboxylic acid groups (broad SMARTS) is 1. The highest BCUT2D eigenvalue weighted by atomic mass is 32.2. The quantitative estimate of drug-likeness (QED) is 0.625. The molecule has 0 amide bonds. The molecule has 3 aromatic rings. The van der Waals surface area contributed by atoms with Crippen molar-refractivity contribution in [3.8, 4) is 0 Å². The SMILES string of the molecule is Cc1c(Cc2ccc(S(=O)(=O)N3CCCCC3)cc2)c2cc(F)ccc2n1CC(=O)O. The first kappa shape index (κ1) is 21.5. The van der Waals surface area contributed by atoms with Crippen molar-refractivity contribution in [2.24, 2.45) is 0 Å². The molecule has 0 saturated carbocycles. The summed E-state index contributed by atoms with van der Waals surface area (Å²) in [5.74, 6) is -1.35. The molecule has 2 heterocycles. The minimum atomic E-state index is -3.50. The lowest BCUT2D eigenvalue weighted by molar-refractivity contribution is -0.137. The summed E-state index contributed by atoms with van der Waals surface area (Å²) in [6, 6.07) is 11.1. The lowest BCUT2D eigenvalue weighted by Crippen LogP contribution is -2.35. The minimum Gasteiger partial charge on any atom is -0.480 e. The number of nitrogens with zero attached hydrogens (tertiary/aromatic N) is 2. The van der Waals surface area contributed by atoms with E-state index >= 15 is 0 Å². The molecule has 0 aliphatic carbocycles. The number of hydrogen-bond donors (Lipinski definition) is 1. The molecule has 0 unspecified atom stereocenters. The smallest absolute Gasteiger partial charge is 0.323 e. The monoisotopic (exact) mass is 444 g/mol. The molecular formula is C23H25FN2O4S. The second-order valence-corrected chi connectivity index (χ2v) is 9.93. The Labute approximate surface area is 181 Å². The normalized spacial score (nSPS) is 15.4. The second-order valence-electron chi connectivity index (χ2n) is 7.99. The first-order valence-corrected chi connectivity index (χ1v) is 11.8. The summed E-state index contributed by atoms with van der Waals surface area (Å²) in [6.07, 6.45) is 3.27. The van der Waals surface area contributed by atoms with Gasteiger partial charge < -0.3 is 9.67 Å². The Bertz CT molecular complexity index is 1230. The second kappa shape index (κ2) is 8.43. The van der Waals surface area contributed by atoms with E-state index in [1.807, 2.05) is 6.92 Å². The highest BCUT2D eigenvalue weighted by Crippen LogP contribution is 2.29. The number of fused-ring (bicyclic) bond motifs is 1. The van der Waals surface area contributed by atoms with Crippen molar-refractivity contribution in [3.05, 3.63) is 65.1 Å². The van der Waals surface area contributed by atoms with Crippen molar-refractivity contribution >= 4 is 26.9 Å². The maximum Gasteiger partial charge on any atom is 0.323 e. The van der Waals surface area contributed by atoms with Gasteiger partial charge in [-0.05, 0) is 67.6 Å². The third-order valence-electron chi connectivity index (χ3n) is 5.97. The van der Waals surface area contributed by atoms with Crippen LogP contribution in [-0.2, 0) is 27.8 Å². The van der Waals surface area contributed by atoms with Crippen LogP contribution in [0, 0.1) is 12.7 Å². The molecule has 1 fully saturated rings. The molecule has 1 N–H and O–H groups in total. The summed E-state index contributed by atoms with van der Waals surface area (Å²) in [7, 11) is -3.50. The molecule has 1 saturated heterocycles. The molecule has 0 radical (unpaired) electrons. The summed E-state index contributed by atoms with van der Waals surface area (Å²) in [6.45, 7) is 2.72. The number of piperidine rings is 1. The Morgan fingerprint density at radius 3 is 2.39 bits per heavy atom. The first-order valence-electron chi connectivity index (χ1n) is 10.4. The van der Waals surface area contributed by atoms with Gasteiger partial charge in [-0.1, -0.05) is 18.6 Å². The Hall–Kier alpha value is -2.71. The summed E-state index contributed by atoms with van der Waals surface area (Å²) >= 11 is 0. The van der Waals surface area contributed by atoms with Crippen molar-refractivity contribution in [1.29, 1.82) is 0 Å². The highest BCUT2D eigenvalue weighted by Gasteiger charge is 2.26. The van der Waals surface area contributed by atoms with E-state index < -0.39 is 16.0 Å². The lowest BCUT2D eigenvalue weighted by atomic mass is 10.0. The van der Waals surface area contributed by atoms with E-state index in [4.69, 9.17) is 0 Å². The van der Waals surface area contributed by atoms with Gasteiger partial charge in [-0.3, -0.25) is 4.79 Å². The average Bonchev–Trinajstić information content (AvgIpc) is 2.99. The summed E-state index contributed by atoms with van der Waals surface area (Å²) in [4.78, 5) is 11.6. The van der Waals surface area contributed by atoms with Crippen molar-refractivity contribution in [2.75, 3.05) is 13.1 Å². The zero-order valence-electron chi connectivity index (χ0n) is 17.3. The number of aliphatic carboxylic acids is 1. The van der Waals surface area contributed by atoms with Crippen LogP contribution < -0.4 is 0 Å². The van der Waals surface area contributed by atoms with Crippen molar-refractivity contribution in [1.82, 2.24) is 8.87 Å². The van der Waals surface area contributed by atoms with E-state index in [2.05, 4.69) is 0 Å². The molecule has 1 aromatic heterocycles. The number of rotatable bonds is 6. The predicted molar refractivity (Wildman–Crippen MR) is 116 cm³/mol. The molecule has 31 heavy (non-hydrogen) atoms. The van der Waals surface area contributed by atoms with Gasteiger partial charge in [0, 0.05) is 29.7 Å². The topological polar surface area (TPSA) is 79.6 Å². The number of halogens is 1. The van der Waals surface area contributed by atoms with Gasteiger partial charge in [0.2, 0.25) is 10.0 Å². The maximum absolute atomic E-state index is 13.9. The Balaban J connectivity index is 1.66. The van der Waals surface area contributed by atoms with Crippen molar-refractivity contribution < 1.29 is 22.7 Å². The number of aromatic nitrogens is 1. The number of carboxylic acids is 1. The molecule has 1 aliphatic heterocycles. The Kier molecular flexibility index (Phi) is 5.85. The van der Waals surface area contributed by atoms with Crippen LogP contribution in [0.3, 0.4) is 0 Å². The fraction of sp³-hybridized carbons (Fsp3) is 0.348. The molecule has 0 bridgehead atoms. The fourth-order valence-corrected chi connectivity index (χ4v) is 5.84.